The van der Waals surface area contributed by atoms with Crippen LogP contribution in [-0.4, -0.2) is 39.5 Å². The van der Waals surface area contributed by atoms with Crippen molar-refractivity contribution in [2.75, 3.05) is 18.0 Å². The summed E-state index contributed by atoms with van der Waals surface area (Å²) in [5.41, 5.74) is 13.2. The van der Waals surface area contributed by atoms with Crippen molar-refractivity contribution >= 4 is 51.8 Å². The van der Waals surface area contributed by atoms with Gasteiger partial charge in [-0.05, 0) is 47.6 Å². The van der Waals surface area contributed by atoms with Crippen LogP contribution in [0.1, 0.15) is 41.4 Å². The molecule has 3 rings (SSSR count). The Kier molecular flexibility index (Phi) is 8.43. The van der Waals surface area contributed by atoms with Crippen molar-refractivity contribution in [2.24, 2.45) is 5.92 Å². The molecule has 0 spiro atoms. The van der Waals surface area contributed by atoms with Crippen molar-refractivity contribution in [1.29, 1.82) is 5.41 Å². The van der Waals surface area contributed by atoms with Crippen LogP contribution in [-0.2, 0) is 17.6 Å². The van der Waals surface area contributed by atoms with Crippen LogP contribution < -0.4 is 22.1 Å². The van der Waals surface area contributed by atoms with Gasteiger partial charge in [-0.2, -0.15) is 0 Å². The number of carboxylic acid groups (broad SMARTS) is 1. The van der Waals surface area contributed by atoms with Gasteiger partial charge in [0, 0.05) is 6.54 Å². The fraction of sp³-hybridized carbons (Fsp3) is 0.292. The third kappa shape index (κ3) is 7.03. The van der Waals surface area contributed by atoms with Crippen molar-refractivity contribution in [3.8, 4) is 0 Å². The summed E-state index contributed by atoms with van der Waals surface area (Å²) in [5.74, 6) is -2.33. The largest absolute Gasteiger partial charge is 0.481 e. The van der Waals surface area contributed by atoms with Crippen LogP contribution in [0.4, 0.5) is 11.6 Å². The molecule has 0 bridgehead atoms. The Balaban J connectivity index is 1.43. The number of rotatable bonds is 9. The number of amides is 1. The van der Waals surface area contributed by atoms with E-state index in [2.05, 4.69) is 38.8 Å². The first-order valence-corrected chi connectivity index (χ1v) is 11.5. The minimum Gasteiger partial charge on any atom is -0.481 e. The molecule has 0 radical (unpaired) electrons. The molecule has 3 aromatic rings. The first-order chi connectivity index (χ1) is 16.6. The van der Waals surface area contributed by atoms with Gasteiger partial charge in [-0.1, -0.05) is 54.9 Å². The predicted molar refractivity (Wildman–Crippen MR) is 136 cm³/mol. The molecule has 1 heterocycles. The van der Waals surface area contributed by atoms with Gasteiger partial charge in [0.2, 0.25) is 0 Å². The predicted octanol–water partition coefficient (Wildman–Crippen LogP) is 2.99. The maximum Gasteiger partial charge on any atom is 0.306 e. The summed E-state index contributed by atoms with van der Waals surface area (Å²) in [7, 11) is 0. The lowest BCUT2D eigenvalue weighted by molar-refractivity contribution is -0.141. The number of aryl methyl sites for hydroxylation is 1. The summed E-state index contributed by atoms with van der Waals surface area (Å²) in [5, 5.41) is 24.2. The number of anilines is 2. The van der Waals surface area contributed by atoms with Gasteiger partial charge >= 0.3 is 5.97 Å². The normalized spacial score (nSPS) is 11.7. The van der Waals surface area contributed by atoms with E-state index in [1.54, 1.807) is 6.92 Å². The lowest BCUT2D eigenvalue weighted by Crippen LogP contribution is -2.41. The number of nitrogen functional groups attached to an aromatic ring is 2. The maximum absolute atomic E-state index is 12.2. The van der Waals surface area contributed by atoms with E-state index in [1.807, 2.05) is 18.2 Å². The highest BCUT2D eigenvalue weighted by Crippen LogP contribution is 2.21. The number of carbonyl (C=O) groups is 2. The number of nitrogens with two attached hydrogens (primary N) is 2. The van der Waals surface area contributed by atoms with Gasteiger partial charge in [0.15, 0.2) is 28.4 Å². The first-order valence-electron chi connectivity index (χ1n) is 11.1. The number of unbranched alkanes of at least 4 members (excludes halogenated alkanes) is 1. The molecule has 1 aromatic heterocycles. The average Bonchev–Trinajstić information content (AvgIpc) is 2.81. The molecule has 0 saturated carbocycles. The van der Waals surface area contributed by atoms with Crippen LogP contribution in [0.2, 0.25) is 5.15 Å². The van der Waals surface area contributed by atoms with Crippen LogP contribution in [0.15, 0.2) is 36.4 Å². The zero-order valence-electron chi connectivity index (χ0n) is 19.3. The zero-order chi connectivity index (χ0) is 25.5. The molecule has 1 atom stereocenters. The summed E-state index contributed by atoms with van der Waals surface area (Å²) in [6.45, 7) is 2.21. The highest BCUT2D eigenvalue weighted by atomic mass is 35.5. The number of aliphatic carboxylic acids is 1. The maximum atomic E-state index is 12.2. The molecule has 0 aliphatic carbocycles. The quantitative estimate of drug-likeness (QED) is 0.148. The summed E-state index contributed by atoms with van der Waals surface area (Å²) in [6.07, 6.45) is 3.05. The Hall–Kier alpha value is -3.92. The Bertz CT molecular complexity index is 1270. The number of hydrogen-bond acceptors (Lipinski definition) is 7. The molecule has 0 aliphatic rings. The number of carbonyl (C=O) groups excluding carboxylic acids is 1. The third-order valence-electron chi connectivity index (χ3n) is 5.48. The first kappa shape index (κ1) is 25.7. The number of hydrogen-bond donors (Lipinski definition) is 6. The molecule has 10 nitrogen and oxygen atoms in total. The van der Waals surface area contributed by atoms with E-state index in [4.69, 9.17) is 33.6 Å². The van der Waals surface area contributed by atoms with Crippen molar-refractivity contribution < 1.29 is 14.7 Å². The molecular formula is C24H28ClN7O3. The van der Waals surface area contributed by atoms with Crippen LogP contribution in [0.3, 0.4) is 0 Å². The van der Waals surface area contributed by atoms with Crippen molar-refractivity contribution in [3.05, 3.63) is 58.4 Å². The number of guanidine groups is 1. The van der Waals surface area contributed by atoms with E-state index in [9.17, 15) is 9.59 Å². The van der Waals surface area contributed by atoms with E-state index >= 15 is 0 Å². The van der Waals surface area contributed by atoms with Gasteiger partial charge in [0.05, 0.1) is 5.92 Å². The lowest BCUT2D eigenvalue weighted by atomic mass is 9.97. The van der Waals surface area contributed by atoms with Crippen LogP contribution in [0, 0.1) is 11.3 Å². The minimum atomic E-state index is -0.793. The number of nitrogens with zero attached hydrogens (tertiary/aromatic N) is 2. The minimum absolute atomic E-state index is 0.0737. The smallest absolute Gasteiger partial charge is 0.306 e. The molecule has 0 saturated heterocycles. The van der Waals surface area contributed by atoms with Crippen molar-refractivity contribution in [2.45, 2.75) is 32.6 Å². The highest BCUT2D eigenvalue weighted by molar-refractivity contribution is 6.31. The van der Waals surface area contributed by atoms with Gasteiger partial charge in [-0.3, -0.25) is 20.3 Å². The van der Waals surface area contributed by atoms with Gasteiger partial charge < -0.3 is 21.9 Å². The molecule has 1 amide bonds. The molecular weight excluding hydrogens is 470 g/mol. The Morgan fingerprint density at radius 3 is 2.40 bits per heavy atom. The Labute approximate surface area is 207 Å². The molecule has 11 heteroatoms. The van der Waals surface area contributed by atoms with Crippen LogP contribution in [0.5, 0.6) is 0 Å². The second kappa shape index (κ2) is 11.5. The lowest BCUT2D eigenvalue weighted by Gasteiger charge is -2.11. The number of benzene rings is 2. The van der Waals surface area contributed by atoms with E-state index in [-0.39, 0.29) is 28.4 Å². The second-order valence-corrected chi connectivity index (χ2v) is 8.66. The Morgan fingerprint density at radius 2 is 1.71 bits per heavy atom. The van der Waals surface area contributed by atoms with Crippen molar-refractivity contribution in [3.63, 3.8) is 0 Å². The molecule has 2 aromatic carbocycles. The van der Waals surface area contributed by atoms with E-state index in [1.165, 1.54) is 5.56 Å². The third-order valence-corrected chi connectivity index (χ3v) is 5.76. The van der Waals surface area contributed by atoms with Gasteiger partial charge in [-0.25, -0.2) is 9.97 Å². The Morgan fingerprint density at radius 1 is 1.06 bits per heavy atom. The summed E-state index contributed by atoms with van der Waals surface area (Å²) in [6, 6.07) is 12.3. The summed E-state index contributed by atoms with van der Waals surface area (Å²) >= 11 is 5.78. The second-order valence-electron chi connectivity index (χ2n) is 8.31. The van der Waals surface area contributed by atoms with Crippen LogP contribution in [0.25, 0.3) is 10.8 Å². The number of carboxylic acids is 1. The monoisotopic (exact) mass is 497 g/mol. The SMILES string of the molecule is C[C@@H](Cc1ccc2cc(CCCCNC(=N)NC(=O)c3nc(Cl)c(N)nc3N)ccc2c1)C(=O)O. The standard InChI is InChI=1S/C24H28ClN7O3/c1-13(23(34)35)10-15-6-8-16-11-14(5-7-17(16)12-15)4-2-3-9-29-24(28)32-22(33)18-20(26)31-21(27)19(25)30-18/h5-8,11-13H,2-4,9-10H2,1H3,(H,34,35)(H4,26,27,31)(H3,28,29,32,33)/t13-/m0/s1. The van der Waals surface area contributed by atoms with Crippen molar-refractivity contribution in [1.82, 2.24) is 20.6 Å². The molecule has 35 heavy (non-hydrogen) atoms. The van der Waals surface area contributed by atoms with Gasteiger partial charge in [-0.15, -0.1) is 0 Å². The van der Waals surface area contributed by atoms with Crippen LogP contribution >= 0.6 is 11.6 Å². The number of nitrogens with one attached hydrogen (secondary N) is 3. The van der Waals surface area contributed by atoms with E-state index < -0.39 is 17.8 Å². The molecule has 184 valence electrons. The number of halogens is 1. The molecule has 0 aliphatic heterocycles. The zero-order valence-corrected chi connectivity index (χ0v) is 20.0. The van der Waals surface area contributed by atoms with Gasteiger partial charge in [0.1, 0.15) is 0 Å². The fourth-order valence-corrected chi connectivity index (χ4v) is 3.69. The summed E-state index contributed by atoms with van der Waals surface area (Å²) in [4.78, 5) is 30.9. The molecule has 8 N–H and O–H groups in total. The summed E-state index contributed by atoms with van der Waals surface area (Å²) < 4.78 is 0. The number of fused-ring (bicyclic) bond motifs is 1. The van der Waals surface area contributed by atoms with E-state index in [0.717, 1.165) is 35.6 Å². The average molecular weight is 498 g/mol. The number of aromatic nitrogens is 2. The fourth-order valence-electron chi connectivity index (χ4n) is 3.56. The van der Waals surface area contributed by atoms with Gasteiger partial charge in [0.25, 0.3) is 5.91 Å². The van der Waals surface area contributed by atoms with E-state index in [0.29, 0.717) is 13.0 Å². The topological polar surface area (TPSA) is 180 Å². The highest BCUT2D eigenvalue weighted by Gasteiger charge is 2.17. The molecule has 0 unspecified atom stereocenters. The molecule has 0 fully saturated rings.